The maximum absolute atomic E-state index is 13.2. The number of carbonyl (C=O) groups excluding carboxylic acids is 2. The van der Waals surface area contributed by atoms with Crippen LogP contribution in [0.4, 0.5) is 4.79 Å². The van der Waals surface area contributed by atoms with E-state index in [-0.39, 0.29) is 29.8 Å². The van der Waals surface area contributed by atoms with E-state index in [1.807, 2.05) is 34.6 Å². The zero-order chi connectivity index (χ0) is 21.1. The van der Waals surface area contributed by atoms with Gasteiger partial charge in [0, 0.05) is 24.7 Å². The van der Waals surface area contributed by atoms with Gasteiger partial charge in [-0.1, -0.05) is 0 Å². The highest BCUT2D eigenvalue weighted by atomic mass is 16.6. The molecule has 1 N–H and O–H groups in total. The second kappa shape index (κ2) is 8.71. The van der Waals surface area contributed by atoms with Crippen LogP contribution in [0.1, 0.15) is 57.8 Å². The van der Waals surface area contributed by atoms with E-state index < -0.39 is 5.60 Å². The second-order valence-corrected chi connectivity index (χ2v) is 8.42. The second-order valence-electron chi connectivity index (χ2n) is 8.42. The van der Waals surface area contributed by atoms with Gasteiger partial charge in [-0.15, -0.1) is 0 Å². The predicted octanol–water partition coefficient (Wildman–Crippen LogP) is 3.65. The highest BCUT2D eigenvalue weighted by Crippen LogP contribution is 2.28. The molecular formula is C21H32N2O5. The molecule has 0 aliphatic carbocycles. The zero-order valence-corrected chi connectivity index (χ0v) is 17.7. The number of ether oxygens (including phenoxy) is 2. The van der Waals surface area contributed by atoms with Gasteiger partial charge in [0.15, 0.2) is 11.5 Å². The average molecular weight is 392 g/mol. The molecule has 0 aromatic heterocycles. The smallest absolute Gasteiger partial charge is 0.410 e. The van der Waals surface area contributed by atoms with Gasteiger partial charge in [0.2, 0.25) is 0 Å². The number of phenolic OH excluding ortho intramolecular Hbond substituents is 1. The molecule has 2 amide bonds. The first-order chi connectivity index (χ1) is 13.0. The van der Waals surface area contributed by atoms with Gasteiger partial charge in [-0.05, 0) is 65.7 Å². The summed E-state index contributed by atoms with van der Waals surface area (Å²) in [7, 11) is 1.46. The molecule has 7 heteroatoms. The van der Waals surface area contributed by atoms with Gasteiger partial charge >= 0.3 is 6.09 Å². The molecule has 1 aromatic carbocycles. The molecule has 1 heterocycles. The highest BCUT2D eigenvalue weighted by Gasteiger charge is 2.34. The van der Waals surface area contributed by atoms with E-state index in [4.69, 9.17) is 9.47 Å². The van der Waals surface area contributed by atoms with E-state index in [2.05, 4.69) is 0 Å². The maximum atomic E-state index is 13.2. The van der Waals surface area contributed by atoms with Crippen LogP contribution >= 0.6 is 0 Å². The van der Waals surface area contributed by atoms with E-state index in [1.165, 1.54) is 13.2 Å². The fraction of sp³-hybridized carbons (Fsp3) is 0.619. The predicted molar refractivity (Wildman–Crippen MR) is 107 cm³/mol. The molecule has 7 nitrogen and oxygen atoms in total. The van der Waals surface area contributed by atoms with Gasteiger partial charge in [-0.25, -0.2) is 4.79 Å². The van der Waals surface area contributed by atoms with Crippen molar-refractivity contribution in [2.24, 2.45) is 0 Å². The summed E-state index contributed by atoms with van der Waals surface area (Å²) in [6, 6.07) is 4.48. The Labute approximate surface area is 167 Å². The lowest BCUT2D eigenvalue weighted by atomic mass is 10.0. The molecule has 0 saturated carbocycles. The van der Waals surface area contributed by atoms with Crippen molar-refractivity contribution in [3.63, 3.8) is 0 Å². The first-order valence-electron chi connectivity index (χ1n) is 9.71. The molecule has 28 heavy (non-hydrogen) atoms. The van der Waals surface area contributed by atoms with Crippen LogP contribution in [0.5, 0.6) is 11.5 Å². The Balaban J connectivity index is 2.19. The Morgan fingerprint density at radius 3 is 2.50 bits per heavy atom. The number of phenols is 1. The Hall–Kier alpha value is -2.44. The Kier molecular flexibility index (Phi) is 6.80. The number of methoxy groups -OCH3 is 1. The van der Waals surface area contributed by atoms with Gasteiger partial charge in [0.05, 0.1) is 13.2 Å². The number of hydrogen-bond donors (Lipinski definition) is 1. The Bertz CT molecular complexity index is 711. The van der Waals surface area contributed by atoms with Crippen molar-refractivity contribution >= 4 is 12.0 Å². The number of piperidine rings is 1. The van der Waals surface area contributed by atoms with Gasteiger partial charge in [0.1, 0.15) is 5.60 Å². The summed E-state index contributed by atoms with van der Waals surface area (Å²) in [6.45, 7) is 10.5. The maximum Gasteiger partial charge on any atom is 0.410 e. The standard InChI is InChI=1S/C21H32N2O5/c1-14(2)23(19(25)15-9-10-18(27-6)17(24)12-15)16-8-7-11-22(13-16)20(26)28-21(3,4)5/h9-10,12,14,16,24H,7-8,11,13H2,1-6H3/t16-/m1/s1. The summed E-state index contributed by atoms with van der Waals surface area (Å²) in [5, 5.41) is 10.0. The molecule has 1 fully saturated rings. The fourth-order valence-electron chi connectivity index (χ4n) is 3.47. The van der Waals surface area contributed by atoms with Gasteiger partial charge in [-0.2, -0.15) is 0 Å². The first kappa shape index (κ1) is 21.9. The molecule has 0 spiro atoms. The third-order valence-corrected chi connectivity index (χ3v) is 4.66. The zero-order valence-electron chi connectivity index (χ0n) is 17.7. The van der Waals surface area contributed by atoms with Crippen molar-refractivity contribution < 1.29 is 24.2 Å². The van der Waals surface area contributed by atoms with Crippen LogP contribution in [0, 0.1) is 0 Å². The topological polar surface area (TPSA) is 79.3 Å². The number of nitrogens with zero attached hydrogens (tertiary/aromatic N) is 2. The van der Waals surface area contributed by atoms with Crippen LogP contribution in [0.2, 0.25) is 0 Å². The van der Waals surface area contributed by atoms with Gasteiger partial charge in [-0.3, -0.25) is 4.79 Å². The number of benzene rings is 1. The molecular weight excluding hydrogens is 360 g/mol. The molecule has 1 atom stereocenters. The molecule has 0 bridgehead atoms. The highest BCUT2D eigenvalue weighted by molar-refractivity contribution is 5.95. The lowest BCUT2D eigenvalue weighted by Gasteiger charge is -2.41. The molecule has 1 saturated heterocycles. The van der Waals surface area contributed by atoms with E-state index in [0.29, 0.717) is 24.4 Å². The van der Waals surface area contributed by atoms with E-state index in [1.54, 1.807) is 21.9 Å². The molecule has 156 valence electrons. The van der Waals surface area contributed by atoms with Crippen molar-refractivity contribution in [1.29, 1.82) is 0 Å². The van der Waals surface area contributed by atoms with Crippen molar-refractivity contribution in [1.82, 2.24) is 9.80 Å². The largest absolute Gasteiger partial charge is 0.504 e. The lowest BCUT2D eigenvalue weighted by Crippen LogP contribution is -2.54. The number of aromatic hydroxyl groups is 1. The summed E-state index contributed by atoms with van der Waals surface area (Å²) in [5.74, 6) is 0.0708. The van der Waals surface area contributed by atoms with Crippen molar-refractivity contribution in [3.8, 4) is 11.5 Å². The third kappa shape index (κ3) is 5.30. The van der Waals surface area contributed by atoms with Crippen molar-refractivity contribution in [2.45, 2.75) is 65.1 Å². The summed E-state index contributed by atoms with van der Waals surface area (Å²) in [5.41, 5.74) is -0.167. The number of rotatable bonds is 4. The summed E-state index contributed by atoms with van der Waals surface area (Å²) in [6.07, 6.45) is 1.26. The average Bonchev–Trinajstić information content (AvgIpc) is 2.60. The summed E-state index contributed by atoms with van der Waals surface area (Å²) in [4.78, 5) is 29.1. The quantitative estimate of drug-likeness (QED) is 0.846. The number of hydrogen-bond acceptors (Lipinski definition) is 5. The number of amides is 2. The molecule has 0 unspecified atom stereocenters. The molecule has 2 rings (SSSR count). The van der Waals surface area contributed by atoms with Gasteiger partial charge < -0.3 is 24.4 Å². The molecule has 1 aromatic rings. The molecule has 1 aliphatic rings. The van der Waals surface area contributed by atoms with Crippen LogP contribution < -0.4 is 4.74 Å². The minimum Gasteiger partial charge on any atom is -0.504 e. The van der Waals surface area contributed by atoms with Crippen LogP contribution in [-0.2, 0) is 4.74 Å². The molecule has 0 radical (unpaired) electrons. The van der Waals surface area contributed by atoms with E-state index in [9.17, 15) is 14.7 Å². The normalized spacial score (nSPS) is 17.4. The van der Waals surface area contributed by atoms with Crippen LogP contribution in [0.25, 0.3) is 0 Å². The van der Waals surface area contributed by atoms with E-state index in [0.717, 1.165) is 12.8 Å². The van der Waals surface area contributed by atoms with Crippen molar-refractivity contribution in [2.75, 3.05) is 20.2 Å². The number of likely N-dealkylation sites (tertiary alicyclic amines) is 1. The Morgan fingerprint density at radius 1 is 1.29 bits per heavy atom. The van der Waals surface area contributed by atoms with Crippen LogP contribution in [0.3, 0.4) is 0 Å². The monoisotopic (exact) mass is 392 g/mol. The molecule has 1 aliphatic heterocycles. The first-order valence-corrected chi connectivity index (χ1v) is 9.71. The van der Waals surface area contributed by atoms with Crippen LogP contribution in [-0.4, -0.2) is 64.8 Å². The summed E-state index contributed by atoms with van der Waals surface area (Å²) >= 11 is 0. The van der Waals surface area contributed by atoms with E-state index >= 15 is 0 Å². The lowest BCUT2D eigenvalue weighted by molar-refractivity contribution is 0.00752. The third-order valence-electron chi connectivity index (χ3n) is 4.66. The summed E-state index contributed by atoms with van der Waals surface area (Å²) < 4.78 is 10.5. The SMILES string of the molecule is COc1ccc(C(=O)N(C(C)C)[C@@H]2CCCN(C(=O)OC(C)(C)C)C2)cc1O. The number of carbonyl (C=O) groups is 2. The van der Waals surface area contributed by atoms with Gasteiger partial charge in [0.25, 0.3) is 5.91 Å². The minimum absolute atomic E-state index is 0.0552. The fourth-order valence-corrected chi connectivity index (χ4v) is 3.47. The van der Waals surface area contributed by atoms with Crippen molar-refractivity contribution in [3.05, 3.63) is 23.8 Å². The Morgan fingerprint density at radius 2 is 1.96 bits per heavy atom. The van der Waals surface area contributed by atoms with Crippen LogP contribution in [0.15, 0.2) is 18.2 Å². The minimum atomic E-state index is -0.557.